The van der Waals surface area contributed by atoms with Gasteiger partial charge in [-0.1, -0.05) is 152 Å². The molecule has 0 heterocycles. The van der Waals surface area contributed by atoms with Gasteiger partial charge in [-0.25, -0.2) is 0 Å². The topological polar surface area (TPSA) is 0 Å². The van der Waals surface area contributed by atoms with E-state index >= 15 is 0 Å². The van der Waals surface area contributed by atoms with Gasteiger partial charge in [-0.05, 0) is 129 Å². The van der Waals surface area contributed by atoms with E-state index in [0.29, 0.717) is 0 Å². The normalized spacial score (nSPS) is 11.8. The van der Waals surface area contributed by atoms with Gasteiger partial charge >= 0.3 is 0 Å². The lowest BCUT2D eigenvalue weighted by Gasteiger charge is -2.17. The first-order valence-corrected chi connectivity index (χ1v) is 17.7. The minimum Gasteiger partial charge on any atom is -0.142 e. The SMILES string of the molecule is Cc1c(-c2ccc3c(c2)c2ccccc2c2cc4c5ccccc5c5ccccc5c4cc32)cccc1-c1cccc(-c2ccccc2)c1S. The molecule has 0 aliphatic heterocycles. The molecule has 0 unspecified atom stereocenters. The number of fused-ring (bicyclic) bond motifs is 12. The number of hydrogen-bond acceptors (Lipinski definition) is 1. The van der Waals surface area contributed by atoms with Crippen LogP contribution in [-0.4, -0.2) is 0 Å². The van der Waals surface area contributed by atoms with Gasteiger partial charge in [-0.15, -0.1) is 12.6 Å². The van der Waals surface area contributed by atoms with Crippen LogP contribution >= 0.6 is 12.6 Å². The molecule has 0 radical (unpaired) electrons. The molecular weight excluding hydrogens is 621 g/mol. The second kappa shape index (κ2) is 11.3. The molecule has 0 aromatic heterocycles. The Morgan fingerprint density at radius 2 is 0.680 bits per heavy atom. The third-order valence-corrected chi connectivity index (χ3v) is 11.2. The van der Waals surface area contributed by atoms with Crippen molar-refractivity contribution >= 4 is 77.3 Å². The average molecular weight is 653 g/mol. The zero-order valence-corrected chi connectivity index (χ0v) is 28.5. The molecule has 10 aromatic carbocycles. The highest BCUT2D eigenvalue weighted by atomic mass is 32.1. The Morgan fingerprint density at radius 1 is 0.280 bits per heavy atom. The molecule has 1 heteroatoms. The standard InChI is InChI=1S/C49H32S/c1-30-33(21-11-22-34(30)43-24-12-23-35(49(43)50)31-13-3-2-4-14-31)32-25-26-42-44(27-32)40-19-9-10-20-41(40)47-28-45-38-17-7-5-15-36(38)37-16-6-8-18-39(37)46(45)29-48(42)47/h2-29,50H,1H3. The maximum absolute atomic E-state index is 5.09. The lowest BCUT2D eigenvalue weighted by Crippen LogP contribution is -1.92. The molecule has 0 atom stereocenters. The van der Waals surface area contributed by atoms with Crippen LogP contribution in [0.2, 0.25) is 0 Å². The fourth-order valence-corrected chi connectivity index (χ4v) is 8.77. The number of thiol groups is 1. The van der Waals surface area contributed by atoms with Crippen molar-refractivity contribution in [3.63, 3.8) is 0 Å². The summed E-state index contributed by atoms with van der Waals surface area (Å²) >= 11 is 5.09. The maximum Gasteiger partial charge on any atom is 0.0197 e. The first-order chi connectivity index (χ1) is 24.7. The molecule has 0 bridgehead atoms. The zero-order valence-electron chi connectivity index (χ0n) is 27.6. The summed E-state index contributed by atoms with van der Waals surface area (Å²) in [6.45, 7) is 2.25. The zero-order chi connectivity index (χ0) is 33.3. The van der Waals surface area contributed by atoms with Gasteiger partial charge in [0.05, 0.1) is 0 Å². The van der Waals surface area contributed by atoms with Crippen molar-refractivity contribution in [3.05, 3.63) is 175 Å². The largest absolute Gasteiger partial charge is 0.142 e. The predicted molar refractivity (Wildman–Crippen MR) is 220 cm³/mol. The number of benzene rings is 10. The Morgan fingerprint density at radius 3 is 1.22 bits per heavy atom. The smallest absolute Gasteiger partial charge is 0.0197 e. The third kappa shape index (κ3) is 4.34. The summed E-state index contributed by atoms with van der Waals surface area (Å²) in [6.07, 6.45) is 0. The summed E-state index contributed by atoms with van der Waals surface area (Å²) in [7, 11) is 0. The summed E-state index contributed by atoms with van der Waals surface area (Å²) in [5, 5.41) is 15.5. The molecular formula is C49H32S. The lowest BCUT2D eigenvalue weighted by molar-refractivity contribution is 1.39. The van der Waals surface area contributed by atoms with E-state index in [9.17, 15) is 0 Å². The maximum atomic E-state index is 5.09. The Balaban J connectivity index is 1.22. The van der Waals surface area contributed by atoms with Crippen LogP contribution in [0.15, 0.2) is 175 Å². The van der Waals surface area contributed by atoms with Gasteiger partial charge in [0.2, 0.25) is 0 Å². The molecule has 0 amide bonds. The third-order valence-electron chi connectivity index (χ3n) is 10.8. The van der Waals surface area contributed by atoms with E-state index in [-0.39, 0.29) is 0 Å². The minimum absolute atomic E-state index is 1.00. The second-order valence-corrected chi connectivity index (χ2v) is 13.8. The fourth-order valence-electron chi connectivity index (χ4n) is 8.37. The average Bonchev–Trinajstić information content (AvgIpc) is 3.18. The molecule has 0 N–H and O–H groups in total. The van der Waals surface area contributed by atoms with E-state index in [1.54, 1.807) is 0 Å². The highest BCUT2D eigenvalue weighted by Gasteiger charge is 2.17. The van der Waals surface area contributed by atoms with Gasteiger partial charge in [0, 0.05) is 4.90 Å². The summed E-state index contributed by atoms with van der Waals surface area (Å²) in [6, 6.07) is 62.3. The molecule has 0 saturated heterocycles. The van der Waals surface area contributed by atoms with Crippen molar-refractivity contribution < 1.29 is 0 Å². The molecule has 50 heavy (non-hydrogen) atoms. The Kier molecular flexibility index (Phi) is 6.59. The predicted octanol–water partition coefficient (Wildman–Crippen LogP) is 14.2. The first kappa shape index (κ1) is 29.1. The Labute approximate surface area is 296 Å². The highest BCUT2D eigenvalue weighted by molar-refractivity contribution is 7.80. The lowest BCUT2D eigenvalue weighted by atomic mass is 9.87. The number of hydrogen-bond donors (Lipinski definition) is 1. The van der Waals surface area contributed by atoms with E-state index in [1.165, 1.54) is 92.5 Å². The van der Waals surface area contributed by atoms with E-state index in [1.807, 2.05) is 0 Å². The number of rotatable bonds is 3. The van der Waals surface area contributed by atoms with Crippen LogP contribution in [-0.2, 0) is 0 Å². The summed E-state index contributed by atoms with van der Waals surface area (Å²) in [5.74, 6) is 0. The van der Waals surface area contributed by atoms with Crippen LogP contribution < -0.4 is 0 Å². The molecule has 0 aliphatic rings. The van der Waals surface area contributed by atoms with Crippen molar-refractivity contribution in [2.75, 3.05) is 0 Å². The van der Waals surface area contributed by atoms with E-state index in [2.05, 4.69) is 177 Å². The molecule has 234 valence electrons. The van der Waals surface area contributed by atoms with Gasteiger partial charge < -0.3 is 0 Å². The second-order valence-electron chi connectivity index (χ2n) is 13.4. The summed E-state index contributed by atoms with van der Waals surface area (Å²) in [4.78, 5) is 1.00. The van der Waals surface area contributed by atoms with E-state index in [4.69, 9.17) is 12.6 Å². The molecule has 0 fully saturated rings. The molecule has 0 nitrogen and oxygen atoms in total. The Hall–Kier alpha value is -5.89. The monoisotopic (exact) mass is 652 g/mol. The summed E-state index contributed by atoms with van der Waals surface area (Å²) < 4.78 is 0. The van der Waals surface area contributed by atoms with Crippen LogP contribution in [0.3, 0.4) is 0 Å². The highest BCUT2D eigenvalue weighted by Crippen LogP contribution is 2.44. The van der Waals surface area contributed by atoms with E-state index in [0.717, 1.165) is 16.0 Å². The van der Waals surface area contributed by atoms with Crippen LogP contribution in [0.5, 0.6) is 0 Å². The van der Waals surface area contributed by atoms with Crippen molar-refractivity contribution in [3.8, 4) is 33.4 Å². The molecule has 0 saturated carbocycles. The van der Waals surface area contributed by atoms with Crippen molar-refractivity contribution in [1.29, 1.82) is 0 Å². The van der Waals surface area contributed by atoms with Crippen molar-refractivity contribution in [2.24, 2.45) is 0 Å². The minimum atomic E-state index is 1.00. The molecule has 10 aromatic rings. The van der Waals surface area contributed by atoms with Crippen molar-refractivity contribution in [1.82, 2.24) is 0 Å². The molecule has 0 spiro atoms. The van der Waals surface area contributed by atoms with Gasteiger partial charge in [0.25, 0.3) is 0 Å². The van der Waals surface area contributed by atoms with Crippen LogP contribution in [0, 0.1) is 6.92 Å². The van der Waals surface area contributed by atoms with E-state index < -0.39 is 0 Å². The molecule has 0 aliphatic carbocycles. The quantitative estimate of drug-likeness (QED) is 0.110. The first-order valence-electron chi connectivity index (χ1n) is 17.2. The molecule has 10 rings (SSSR count). The van der Waals surface area contributed by atoms with Crippen LogP contribution in [0.1, 0.15) is 5.56 Å². The van der Waals surface area contributed by atoms with Crippen LogP contribution in [0.25, 0.3) is 98.0 Å². The van der Waals surface area contributed by atoms with Gasteiger partial charge in [-0.3, -0.25) is 0 Å². The van der Waals surface area contributed by atoms with Crippen LogP contribution in [0.4, 0.5) is 0 Å². The van der Waals surface area contributed by atoms with Gasteiger partial charge in [0.15, 0.2) is 0 Å². The van der Waals surface area contributed by atoms with Gasteiger partial charge in [0.1, 0.15) is 0 Å². The Bertz CT molecular complexity index is 2990. The summed E-state index contributed by atoms with van der Waals surface area (Å²) in [5.41, 5.74) is 8.39. The fraction of sp³-hybridized carbons (Fsp3) is 0.0204. The van der Waals surface area contributed by atoms with Gasteiger partial charge in [-0.2, -0.15) is 0 Å². The van der Waals surface area contributed by atoms with Crippen molar-refractivity contribution in [2.45, 2.75) is 11.8 Å².